The van der Waals surface area contributed by atoms with Gasteiger partial charge >= 0.3 is 0 Å². The lowest BCUT2D eigenvalue weighted by Gasteiger charge is -2.33. The summed E-state index contributed by atoms with van der Waals surface area (Å²) in [5, 5.41) is 3.67. The van der Waals surface area contributed by atoms with Crippen molar-refractivity contribution >= 4 is 21.6 Å². The third-order valence-corrected chi connectivity index (χ3v) is 4.48. The van der Waals surface area contributed by atoms with Crippen molar-refractivity contribution in [3.63, 3.8) is 0 Å². The molecule has 0 bridgehead atoms. The molecule has 3 nitrogen and oxygen atoms in total. The number of anilines is 1. The zero-order valence-electron chi connectivity index (χ0n) is 11.7. The molecule has 0 amide bonds. The molecular formula is C15H23BrN2O. The molecule has 3 N–H and O–H groups in total. The van der Waals surface area contributed by atoms with Crippen molar-refractivity contribution in [2.45, 2.75) is 38.6 Å². The van der Waals surface area contributed by atoms with E-state index in [-0.39, 0.29) is 0 Å². The van der Waals surface area contributed by atoms with Gasteiger partial charge in [-0.15, -0.1) is 0 Å². The molecule has 2 unspecified atom stereocenters. The number of aryl methyl sites for hydroxylation is 1. The Balaban J connectivity index is 2.22. The van der Waals surface area contributed by atoms with Crippen LogP contribution >= 0.6 is 15.9 Å². The summed E-state index contributed by atoms with van der Waals surface area (Å²) in [6.07, 6.45) is 5.01. The zero-order chi connectivity index (χ0) is 13.8. The monoisotopic (exact) mass is 326 g/mol. The first-order valence-electron chi connectivity index (χ1n) is 6.96. The predicted octanol–water partition coefficient (Wildman–Crippen LogP) is 3.70. The minimum atomic E-state index is 0.465. The summed E-state index contributed by atoms with van der Waals surface area (Å²) in [5.41, 5.74) is 8.21. The molecule has 0 aromatic heterocycles. The summed E-state index contributed by atoms with van der Waals surface area (Å²) in [4.78, 5) is 0. The van der Waals surface area contributed by atoms with Crippen LogP contribution < -0.4 is 15.8 Å². The summed E-state index contributed by atoms with van der Waals surface area (Å²) in [6, 6.07) is 4.59. The standard InChI is InChI=1S/C15H23BrN2O/c1-10-7-12(16)8-14(19-2)15(10)18-13-6-4-3-5-11(13)9-17/h7-8,11,13,18H,3-6,9,17H2,1-2H3. The van der Waals surface area contributed by atoms with Gasteiger partial charge in [0.2, 0.25) is 0 Å². The quantitative estimate of drug-likeness (QED) is 0.886. The van der Waals surface area contributed by atoms with Crippen molar-refractivity contribution in [3.8, 4) is 5.75 Å². The number of hydrogen-bond donors (Lipinski definition) is 2. The van der Waals surface area contributed by atoms with Crippen LogP contribution in [0.2, 0.25) is 0 Å². The normalized spacial score (nSPS) is 23.2. The van der Waals surface area contributed by atoms with Gasteiger partial charge in [-0.25, -0.2) is 0 Å². The van der Waals surface area contributed by atoms with Gasteiger partial charge in [-0.1, -0.05) is 28.8 Å². The maximum absolute atomic E-state index is 5.90. The minimum absolute atomic E-state index is 0.465. The molecule has 0 saturated heterocycles. The zero-order valence-corrected chi connectivity index (χ0v) is 13.3. The Bertz CT molecular complexity index is 436. The van der Waals surface area contributed by atoms with Gasteiger partial charge in [0, 0.05) is 10.5 Å². The Kier molecular flexibility index (Phi) is 5.11. The highest BCUT2D eigenvalue weighted by molar-refractivity contribution is 9.10. The minimum Gasteiger partial charge on any atom is -0.495 e. The number of rotatable bonds is 4. The lowest BCUT2D eigenvalue weighted by Crippen LogP contribution is -2.37. The summed E-state index contributed by atoms with van der Waals surface area (Å²) < 4.78 is 6.54. The van der Waals surface area contributed by atoms with Crippen molar-refractivity contribution in [2.24, 2.45) is 11.7 Å². The van der Waals surface area contributed by atoms with Crippen LogP contribution in [0.15, 0.2) is 16.6 Å². The molecule has 1 aromatic rings. The largest absolute Gasteiger partial charge is 0.495 e. The second kappa shape index (κ2) is 6.62. The SMILES string of the molecule is COc1cc(Br)cc(C)c1NC1CCCCC1CN. The molecule has 2 atom stereocenters. The van der Waals surface area contributed by atoms with Crippen molar-refractivity contribution in [2.75, 3.05) is 19.0 Å². The fourth-order valence-corrected chi connectivity index (χ4v) is 3.47. The topological polar surface area (TPSA) is 47.3 Å². The highest BCUT2D eigenvalue weighted by atomic mass is 79.9. The molecule has 4 heteroatoms. The molecule has 0 spiro atoms. The average molecular weight is 327 g/mol. The number of nitrogens with one attached hydrogen (secondary N) is 1. The smallest absolute Gasteiger partial charge is 0.143 e. The third-order valence-electron chi connectivity index (χ3n) is 4.03. The fourth-order valence-electron chi connectivity index (χ4n) is 2.92. The van der Waals surface area contributed by atoms with E-state index >= 15 is 0 Å². The van der Waals surface area contributed by atoms with Crippen LogP contribution in [0.5, 0.6) is 5.75 Å². The van der Waals surface area contributed by atoms with Crippen LogP contribution in [0, 0.1) is 12.8 Å². The second-order valence-electron chi connectivity index (χ2n) is 5.33. The first-order chi connectivity index (χ1) is 9.15. The summed E-state index contributed by atoms with van der Waals surface area (Å²) in [6.45, 7) is 2.87. The van der Waals surface area contributed by atoms with E-state index in [1.807, 2.05) is 6.07 Å². The van der Waals surface area contributed by atoms with Crippen LogP contribution in [0.25, 0.3) is 0 Å². The molecule has 1 saturated carbocycles. The second-order valence-corrected chi connectivity index (χ2v) is 6.25. The third kappa shape index (κ3) is 3.42. The van der Waals surface area contributed by atoms with E-state index in [1.54, 1.807) is 7.11 Å². The highest BCUT2D eigenvalue weighted by Gasteiger charge is 2.25. The van der Waals surface area contributed by atoms with Crippen LogP contribution in [-0.2, 0) is 0 Å². The van der Waals surface area contributed by atoms with Gasteiger partial charge in [0.15, 0.2) is 0 Å². The Hall–Kier alpha value is -0.740. The number of benzene rings is 1. The molecule has 0 heterocycles. The van der Waals surface area contributed by atoms with E-state index in [9.17, 15) is 0 Å². The van der Waals surface area contributed by atoms with Gasteiger partial charge in [-0.05, 0) is 49.9 Å². The van der Waals surface area contributed by atoms with E-state index in [0.717, 1.165) is 22.5 Å². The number of hydrogen-bond acceptors (Lipinski definition) is 3. The van der Waals surface area contributed by atoms with Crippen molar-refractivity contribution in [3.05, 3.63) is 22.2 Å². The molecule has 1 fully saturated rings. The first-order valence-corrected chi connectivity index (χ1v) is 7.75. The van der Waals surface area contributed by atoms with Crippen molar-refractivity contribution < 1.29 is 4.74 Å². The highest BCUT2D eigenvalue weighted by Crippen LogP contribution is 2.35. The number of ether oxygens (including phenoxy) is 1. The molecule has 1 aliphatic rings. The van der Waals surface area contributed by atoms with Crippen LogP contribution in [0.3, 0.4) is 0 Å². The van der Waals surface area contributed by atoms with E-state index in [0.29, 0.717) is 12.0 Å². The Morgan fingerprint density at radius 3 is 2.79 bits per heavy atom. The predicted molar refractivity (Wildman–Crippen MR) is 83.9 cm³/mol. The van der Waals surface area contributed by atoms with E-state index in [4.69, 9.17) is 10.5 Å². The number of methoxy groups -OCH3 is 1. The molecule has 19 heavy (non-hydrogen) atoms. The van der Waals surface area contributed by atoms with E-state index in [1.165, 1.54) is 31.2 Å². The van der Waals surface area contributed by atoms with Crippen LogP contribution in [0.4, 0.5) is 5.69 Å². The number of halogens is 1. The summed E-state index contributed by atoms with van der Waals surface area (Å²) in [7, 11) is 1.72. The van der Waals surface area contributed by atoms with Crippen LogP contribution in [-0.4, -0.2) is 19.7 Å². The molecule has 0 aliphatic heterocycles. The molecule has 2 rings (SSSR count). The summed E-state index contributed by atoms with van der Waals surface area (Å²) >= 11 is 3.51. The van der Waals surface area contributed by atoms with Crippen LogP contribution in [0.1, 0.15) is 31.2 Å². The number of nitrogens with two attached hydrogens (primary N) is 1. The van der Waals surface area contributed by atoms with Gasteiger partial charge in [0.05, 0.1) is 12.8 Å². The molecule has 1 aliphatic carbocycles. The molecular weight excluding hydrogens is 304 g/mol. The maximum Gasteiger partial charge on any atom is 0.143 e. The molecule has 1 aromatic carbocycles. The summed E-state index contributed by atoms with van der Waals surface area (Å²) in [5.74, 6) is 1.47. The van der Waals surface area contributed by atoms with Gasteiger partial charge < -0.3 is 15.8 Å². The van der Waals surface area contributed by atoms with Gasteiger partial charge in [0.25, 0.3) is 0 Å². The van der Waals surface area contributed by atoms with Gasteiger partial charge in [-0.2, -0.15) is 0 Å². The lowest BCUT2D eigenvalue weighted by atomic mass is 9.84. The first kappa shape index (κ1) is 14.7. The van der Waals surface area contributed by atoms with Gasteiger partial charge in [-0.3, -0.25) is 0 Å². The molecule has 106 valence electrons. The van der Waals surface area contributed by atoms with Crippen molar-refractivity contribution in [1.82, 2.24) is 0 Å². The Morgan fingerprint density at radius 1 is 1.37 bits per heavy atom. The fraction of sp³-hybridized carbons (Fsp3) is 0.600. The Labute approximate surface area is 124 Å². The lowest BCUT2D eigenvalue weighted by molar-refractivity contribution is 0.331. The van der Waals surface area contributed by atoms with Gasteiger partial charge in [0.1, 0.15) is 5.75 Å². The van der Waals surface area contributed by atoms with E-state index < -0.39 is 0 Å². The van der Waals surface area contributed by atoms with Crippen molar-refractivity contribution in [1.29, 1.82) is 0 Å². The molecule has 0 radical (unpaired) electrons. The Morgan fingerprint density at radius 2 is 2.11 bits per heavy atom. The maximum atomic E-state index is 5.90. The van der Waals surface area contributed by atoms with E-state index in [2.05, 4.69) is 34.2 Å². The average Bonchev–Trinajstić information content (AvgIpc) is 2.42.